The Hall–Kier alpha value is -1.96. The van der Waals surface area contributed by atoms with E-state index in [-0.39, 0.29) is 0 Å². The van der Waals surface area contributed by atoms with E-state index >= 15 is 0 Å². The van der Waals surface area contributed by atoms with Crippen molar-refractivity contribution in [2.24, 2.45) is 0 Å². The summed E-state index contributed by atoms with van der Waals surface area (Å²) in [7, 11) is 3.67. The number of nitrogens with one attached hydrogen (secondary N) is 1. The molecule has 2 aromatic heterocycles. The summed E-state index contributed by atoms with van der Waals surface area (Å²) in [5.74, 6) is 1.04. The van der Waals surface area contributed by atoms with Crippen LogP contribution in [0.5, 0.6) is 6.01 Å². The van der Waals surface area contributed by atoms with E-state index in [9.17, 15) is 0 Å². The Kier molecular flexibility index (Phi) is 4.45. The highest BCUT2D eigenvalue weighted by molar-refractivity contribution is 7.07. The number of anilines is 2. The van der Waals surface area contributed by atoms with E-state index in [0.717, 1.165) is 5.69 Å². The quantitative estimate of drug-likeness (QED) is 0.857. The molecule has 0 saturated heterocycles. The van der Waals surface area contributed by atoms with Crippen molar-refractivity contribution in [3.63, 3.8) is 0 Å². The van der Waals surface area contributed by atoms with Crippen molar-refractivity contribution in [2.75, 3.05) is 30.9 Å². The molecule has 0 amide bonds. The second kappa shape index (κ2) is 6.28. The zero-order valence-electron chi connectivity index (χ0n) is 11.1. The second-order valence-corrected chi connectivity index (χ2v) is 4.48. The van der Waals surface area contributed by atoms with Crippen molar-refractivity contribution in [2.45, 2.75) is 13.5 Å². The fourth-order valence-corrected chi connectivity index (χ4v) is 2.00. The van der Waals surface area contributed by atoms with Gasteiger partial charge in [0.1, 0.15) is 0 Å². The van der Waals surface area contributed by atoms with E-state index < -0.39 is 0 Å². The Bertz CT molecular complexity index is 518. The van der Waals surface area contributed by atoms with Crippen LogP contribution in [0.1, 0.15) is 12.6 Å². The molecular formula is C11H16N6OS. The van der Waals surface area contributed by atoms with E-state index in [2.05, 4.69) is 25.3 Å². The first-order valence-electron chi connectivity index (χ1n) is 5.87. The summed E-state index contributed by atoms with van der Waals surface area (Å²) in [5, 5.41) is 4.90. The Morgan fingerprint density at radius 2 is 2.21 bits per heavy atom. The lowest BCUT2D eigenvalue weighted by Crippen LogP contribution is -2.20. The summed E-state index contributed by atoms with van der Waals surface area (Å²) in [5.41, 5.74) is 2.79. The van der Waals surface area contributed by atoms with Gasteiger partial charge in [0.25, 0.3) is 0 Å². The van der Waals surface area contributed by atoms with Gasteiger partial charge in [-0.25, -0.2) is 4.98 Å². The highest BCUT2D eigenvalue weighted by Crippen LogP contribution is 2.15. The van der Waals surface area contributed by atoms with Crippen molar-refractivity contribution in [1.82, 2.24) is 19.9 Å². The molecule has 8 heteroatoms. The van der Waals surface area contributed by atoms with E-state index in [4.69, 9.17) is 4.74 Å². The summed E-state index contributed by atoms with van der Waals surface area (Å²) in [4.78, 5) is 18.8. The molecule has 0 fully saturated rings. The van der Waals surface area contributed by atoms with Gasteiger partial charge in [0, 0.05) is 19.5 Å². The predicted octanol–water partition coefficient (Wildman–Crippen LogP) is 1.40. The van der Waals surface area contributed by atoms with Crippen molar-refractivity contribution >= 4 is 23.2 Å². The molecule has 0 radical (unpaired) electrons. The maximum Gasteiger partial charge on any atom is 0.323 e. The van der Waals surface area contributed by atoms with E-state index in [1.807, 2.05) is 24.3 Å². The van der Waals surface area contributed by atoms with Crippen molar-refractivity contribution in [3.8, 4) is 6.01 Å². The van der Waals surface area contributed by atoms with Crippen LogP contribution in [0.15, 0.2) is 10.9 Å². The van der Waals surface area contributed by atoms with Crippen LogP contribution >= 0.6 is 11.3 Å². The van der Waals surface area contributed by atoms with Gasteiger partial charge in [-0.1, -0.05) is 0 Å². The summed E-state index contributed by atoms with van der Waals surface area (Å²) in [6.07, 6.45) is 0. The molecule has 102 valence electrons. The lowest BCUT2D eigenvalue weighted by molar-refractivity contribution is 0.312. The largest absolute Gasteiger partial charge is 0.464 e. The zero-order chi connectivity index (χ0) is 13.7. The summed E-state index contributed by atoms with van der Waals surface area (Å²) in [6.45, 7) is 3.05. The fourth-order valence-electron chi connectivity index (χ4n) is 1.45. The standard InChI is InChI=1S/C11H16N6OS/c1-4-18-11-15-9(12-2)14-10(16-11)17(3)5-8-6-19-7-13-8/h6-7H,4-5H2,1-3H3,(H,12,14,15,16). The minimum atomic E-state index is 0.321. The van der Waals surface area contributed by atoms with Gasteiger partial charge in [0.15, 0.2) is 0 Å². The van der Waals surface area contributed by atoms with Gasteiger partial charge in [-0.05, 0) is 6.92 Å². The molecule has 0 spiro atoms. The van der Waals surface area contributed by atoms with Crippen LogP contribution in [0.4, 0.5) is 11.9 Å². The normalized spacial score (nSPS) is 10.3. The molecule has 1 N–H and O–H groups in total. The van der Waals surface area contributed by atoms with Crippen LogP contribution in [0.2, 0.25) is 0 Å². The lowest BCUT2D eigenvalue weighted by Gasteiger charge is -2.16. The minimum Gasteiger partial charge on any atom is -0.464 e. The Labute approximate surface area is 115 Å². The average Bonchev–Trinajstić information content (AvgIpc) is 2.91. The third-order valence-electron chi connectivity index (χ3n) is 2.32. The summed E-state index contributed by atoms with van der Waals surface area (Å²) in [6, 6.07) is 0.321. The van der Waals surface area contributed by atoms with E-state index in [1.54, 1.807) is 23.9 Å². The first-order chi connectivity index (χ1) is 9.22. The highest BCUT2D eigenvalue weighted by Gasteiger charge is 2.11. The third kappa shape index (κ3) is 3.50. The molecule has 19 heavy (non-hydrogen) atoms. The number of hydrogen-bond acceptors (Lipinski definition) is 8. The van der Waals surface area contributed by atoms with Crippen LogP contribution in [0, 0.1) is 0 Å². The van der Waals surface area contributed by atoms with Crippen molar-refractivity contribution in [1.29, 1.82) is 0 Å². The molecule has 0 aliphatic carbocycles. The van der Waals surface area contributed by atoms with Gasteiger partial charge < -0.3 is 15.0 Å². The minimum absolute atomic E-state index is 0.321. The van der Waals surface area contributed by atoms with Gasteiger partial charge in [0.2, 0.25) is 11.9 Å². The van der Waals surface area contributed by atoms with Gasteiger partial charge in [0.05, 0.1) is 24.4 Å². The van der Waals surface area contributed by atoms with Gasteiger partial charge in [-0.2, -0.15) is 15.0 Å². The van der Waals surface area contributed by atoms with Gasteiger partial charge in [-0.3, -0.25) is 0 Å². The molecule has 0 aliphatic rings. The fraction of sp³-hybridized carbons (Fsp3) is 0.455. The number of nitrogens with zero attached hydrogens (tertiary/aromatic N) is 5. The molecule has 2 aromatic rings. The van der Waals surface area contributed by atoms with Crippen LogP contribution in [-0.4, -0.2) is 40.6 Å². The Morgan fingerprint density at radius 1 is 1.37 bits per heavy atom. The van der Waals surface area contributed by atoms with Crippen LogP contribution < -0.4 is 15.0 Å². The molecule has 0 bridgehead atoms. The van der Waals surface area contributed by atoms with E-state index in [1.165, 1.54) is 0 Å². The predicted molar refractivity (Wildman–Crippen MR) is 74.8 cm³/mol. The SMILES string of the molecule is CCOc1nc(NC)nc(N(C)Cc2cscn2)n1. The average molecular weight is 280 g/mol. The molecular weight excluding hydrogens is 264 g/mol. The van der Waals surface area contributed by atoms with Crippen LogP contribution in [-0.2, 0) is 6.54 Å². The van der Waals surface area contributed by atoms with Crippen molar-refractivity contribution < 1.29 is 4.74 Å². The molecule has 2 heterocycles. The smallest absolute Gasteiger partial charge is 0.323 e. The summed E-state index contributed by atoms with van der Waals surface area (Å²) >= 11 is 1.57. The molecule has 2 rings (SSSR count). The number of aromatic nitrogens is 4. The Balaban J connectivity index is 2.19. The third-order valence-corrected chi connectivity index (χ3v) is 2.96. The van der Waals surface area contributed by atoms with Crippen LogP contribution in [0.25, 0.3) is 0 Å². The van der Waals surface area contributed by atoms with Crippen LogP contribution in [0.3, 0.4) is 0 Å². The second-order valence-electron chi connectivity index (χ2n) is 3.76. The monoisotopic (exact) mass is 280 g/mol. The Morgan fingerprint density at radius 3 is 2.84 bits per heavy atom. The number of rotatable bonds is 6. The molecule has 0 unspecified atom stereocenters. The first-order valence-corrected chi connectivity index (χ1v) is 6.82. The molecule has 0 aromatic carbocycles. The van der Waals surface area contributed by atoms with Crippen molar-refractivity contribution in [3.05, 3.63) is 16.6 Å². The number of thiazole rings is 1. The highest BCUT2D eigenvalue weighted by atomic mass is 32.1. The lowest BCUT2D eigenvalue weighted by atomic mass is 10.4. The maximum absolute atomic E-state index is 5.33. The molecule has 0 atom stereocenters. The molecule has 0 saturated carbocycles. The zero-order valence-corrected chi connectivity index (χ0v) is 11.9. The topological polar surface area (TPSA) is 76.1 Å². The van der Waals surface area contributed by atoms with Gasteiger partial charge in [-0.15, -0.1) is 11.3 Å². The molecule has 0 aliphatic heterocycles. The first kappa shape index (κ1) is 13.5. The van der Waals surface area contributed by atoms with Gasteiger partial charge >= 0.3 is 6.01 Å². The maximum atomic E-state index is 5.33. The number of ether oxygens (including phenoxy) is 1. The summed E-state index contributed by atoms with van der Waals surface area (Å²) < 4.78 is 5.33. The number of hydrogen-bond donors (Lipinski definition) is 1. The molecule has 7 nitrogen and oxygen atoms in total. The van der Waals surface area contributed by atoms with E-state index in [0.29, 0.717) is 31.1 Å².